The lowest BCUT2D eigenvalue weighted by Gasteiger charge is -2.36. The van der Waals surface area contributed by atoms with Gasteiger partial charge in [0, 0.05) is 49.0 Å². The highest BCUT2D eigenvalue weighted by Gasteiger charge is 2.24. The van der Waals surface area contributed by atoms with Gasteiger partial charge in [-0.25, -0.2) is 0 Å². The van der Waals surface area contributed by atoms with E-state index in [1.807, 2.05) is 4.90 Å². The molecule has 0 aliphatic carbocycles. The molecule has 2 aliphatic rings. The lowest BCUT2D eigenvalue weighted by molar-refractivity contribution is 0.0596. The molecule has 128 valence electrons. The van der Waals surface area contributed by atoms with Crippen molar-refractivity contribution in [3.63, 3.8) is 0 Å². The summed E-state index contributed by atoms with van der Waals surface area (Å²) in [5.74, 6) is 0.217. The maximum Gasteiger partial charge on any atom is 0.254 e. The molecule has 0 bridgehead atoms. The summed E-state index contributed by atoms with van der Waals surface area (Å²) in [4.78, 5) is 21.0. The second-order valence-corrected chi connectivity index (χ2v) is 8.06. The van der Waals surface area contributed by atoms with Gasteiger partial charge in [-0.3, -0.25) is 14.6 Å². The van der Waals surface area contributed by atoms with Crippen LogP contribution in [-0.2, 0) is 6.54 Å². The minimum Gasteiger partial charge on any atom is -0.336 e. The molecule has 2 saturated heterocycles. The summed E-state index contributed by atoms with van der Waals surface area (Å²) in [7, 11) is 0. The molecule has 0 aromatic carbocycles. The normalized spacial score (nSPS) is 21.1. The fourth-order valence-corrected chi connectivity index (χ4v) is 4.44. The summed E-state index contributed by atoms with van der Waals surface area (Å²) in [5.41, 5.74) is 0.889. The third-order valence-electron chi connectivity index (χ3n) is 5.06. The highest BCUT2D eigenvalue weighted by Crippen LogP contribution is 2.21. The molecule has 0 atom stereocenters. The van der Waals surface area contributed by atoms with Gasteiger partial charge in [-0.15, -0.1) is 11.3 Å². The van der Waals surface area contributed by atoms with Crippen molar-refractivity contribution in [3.05, 3.63) is 21.9 Å². The summed E-state index contributed by atoms with van der Waals surface area (Å²) in [6.45, 7) is 11.6. The Morgan fingerprint density at radius 1 is 1.09 bits per heavy atom. The van der Waals surface area contributed by atoms with Crippen LogP contribution in [-0.4, -0.2) is 65.9 Å². The predicted octanol–water partition coefficient (Wildman–Crippen LogP) is 2.90. The predicted molar refractivity (Wildman–Crippen MR) is 96.1 cm³/mol. The van der Waals surface area contributed by atoms with Crippen molar-refractivity contribution in [3.8, 4) is 0 Å². The van der Waals surface area contributed by atoms with Gasteiger partial charge in [0.05, 0.1) is 5.56 Å². The number of piperazine rings is 1. The van der Waals surface area contributed by atoms with E-state index in [2.05, 4.69) is 35.1 Å². The van der Waals surface area contributed by atoms with Crippen LogP contribution in [0.15, 0.2) is 11.4 Å². The van der Waals surface area contributed by atoms with Crippen molar-refractivity contribution in [2.24, 2.45) is 0 Å². The largest absolute Gasteiger partial charge is 0.336 e. The Bertz CT molecular complexity index is 514. The van der Waals surface area contributed by atoms with E-state index in [0.29, 0.717) is 6.04 Å². The molecule has 3 heterocycles. The Morgan fingerprint density at radius 2 is 1.78 bits per heavy atom. The summed E-state index contributed by atoms with van der Waals surface area (Å²) >= 11 is 1.74. The van der Waals surface area contributed by atoms with E-state index in [-0.39, 0.29) is 5.91 Å². The van der Waals surface area contributed by atoms with Gasteiger partial charge in [0.1, 0.15) is 0 Å². The van der Waals surface area contributed by atoms with Crippen LogP contribution in [0, 0.1) is 0 Å². The number of carbonyl (C=O) groups excluding carboxylic acids is 1. The molecule has 4 nitrogen and oxygen atoms in total. The zero-order valence-electron chi connectivity index (χ0n) is 14.5. The monoisotopic (exact) mass is 335 g/mol. The van der Waals surface area contributed by atoms with Crippen molar-refractivity contribution >= 4 is 17.2 Å². The first-order valence-electron chi connectivity index (χ1n) is 8.96. The molecule has 1 aromatic heterocycles. The van der Waals surface area contributed by atoms with E-state index in [0.717, 1.165) is 38.3 Å². The van der Waals surface area contributed by atoms with E-state index in [1.165, 1.54) is 37.2 Å². The number of amides is 1. The second kappa shape index (κ2) is 7.77. The lowest BCUT2D eigenvalue weighted by atomic mass is 10.1. The molecule has 0 spiro atoms. The second-order valence-electron chi connectivity index (χ2n) is 7.06. The van der Waals surface area contributed by atoms with Gasteiger partial charge in [-0.1, -0.05) is 6.42 Å². The highest BCUT2D eigenvalue weighted by atomic mass is 32.1. The van der Waals surface area contributed by atoms with Crippen LogP contribution in [0.25, 0.3) is 0 Å². The van der Waals surface area contributed by atoms with Gasteiger partial charge in [-0.05, 0) is 45.8 Å². The van der Waals surface area contributed by atoms with Crippen molar-refractivity contribution in [1.82, 2.24) is 14.7 Å². The minimum atomic E-state index is 0.217. The molecular weight excluding hydrogens is 306 g/mol. The average Bonchev–Trinajstić information content (AvgIpc) is 3.03. The van der Waals surface area contributed by atoms with Crippen LogP contribution in [0.3, 0.4) is 0 Å². The first kappa shape index (κ1) is 16.9. The third-order valence-corrected chi connectivity index (χ3v) is 5.98. The molecule has 1 amide bonds. The Hall–Kier alpha value is -0.910. The number of piperidine rings is 1. The van der Waals surface area contributed by atoms with Crippen LogP contribution in [0.2, 0.25) is 0 Å². The Balaban J connectivity index is 1.54. The van der Waals surface area contributed by atoms with Gasteiger partial charge in [-0.2, -0.15) is 0 Å². The molecule has 23 heavy (non-hydrogen) atoms. The van der Waals surface area contributed by atoms with Crippen LogP contribution in [0.4, 0.5) is 0 Å². The van der Waals surface area contributed by atoms with Crippen LogP contribution in [0.5, 0.6) is 0 Å². The Labute approximate surface area is 144 Å². The van der Waals surface area contributed by atoms with Crippen molar-refractivity contribution in [2.45, 2.75) is 45.7 Å². The van der Waals surface area contributed by atoms with E-state index in [4.69, 9.17) is 0 Å². The number of likely N-dealkylation sites (tertiary alicyclic amines) is 1. The molecular formula is C18H29N3OS. The molecule has 1 aromatic rings. The third kappa shape index (κ3) is 4.34. The van der Waals surface area contributed by atoms with E-state index in [9.17, 15) is 4.79 Å². The molecule has 0 radical (unpaired) electrons. The first-order chi connectivity index (χ1) is 11.1. The van der Waals surface area contributed by atoms with Gasteiger partial charge < -0.3 is 4.90 Å². The number of hydrogen-bond donors (Lipinski definition) is 0. The van der Waals surface area contributed by atoms with Crippen LogP contribution >= 0.6 is 11.3 Å². The van der Waals surface area contributed by atoms with Crippen molar-refractivity contribution in [1.29, 1.82) is 0 Å². The lowest BCUT2D eigenvalue weighted by Crippen LogP contribution is -2.50. The van der Waals surface area contributed by atoms with Crippen LogP contribution in [0.1, 0.15) is 48.3 Å². The summed E-state index contributed by atoms with van der Waals surface area (Å²) in [6.07, 6.45) is 4.00. The maximum atomic E-state index is 12.7. The quantitative estimate of drug-likeness (QED) is 0.846. The molecule has 0 saturated carbocycles. The smallest absolute Gasteiger partial charge is 0.254 e. The first-order valence-corrected chi connectivity index (χ1v) is 9.84. The van der Waals surface area contributed by atoms with Gasteiger partial charge >= 0.3 is 0 Å². The van der Waals surface area contributed by atoms with Gasteiger partial charge in [0.2, 0.25) is 0 Å². The molecule has 5 heteroatoms. The number of carbonyl (C=O) groups is 1. The number of rotatable bonds is 4. The maximum absolute atomic E-state index is 12.7. The van der Waals surface area contributed by atoms with E-state index >= 15 is 0 Å². The Kier molecular flexibility index (Phi) is 5.72. The minimum absolute atomic E-state index is 0.217. The SMILES string of the molecule is CC(C)N1CCN(C(=O)c2csc(CN3CCCCC3)c2)CC1. The van der Waals surface area contributed by atoms with E-state index in [1.54, 1.807) is 11.3 Å². The van der Waals surface area contributed by atoms with Crippen molar-refractivity contribution in [2.75, 3.05) is 39.3 Å². The average molecular weight is 336 g/mol. The van der Waals surface area contributed by atoms with Gasteiger partial charge in [0.15, 0.2) is 0 Å². The van der Waals surface area contributed by atoms with Crippen molar-refractivity contribution < 1.29 is 4.79 Å². The topological polar surface area (TPSA) is 26.8 Å². The summed E-state index contributed by atoms with van der Waals surface area (Å²) in [5, 5.41) is 2.05. The number of thiophene rings is 1. The van der Waals surface area contributed by atoms with Gasteiger partial charge in [0.25, 0.3) is 5.91 Å². The molecule has 0 N–H and O–H groups in total. The Morgan fingerprint density at radius 3 is 2.43 bits per heavy atom. The number of nitrogens with zero attached hydrogens (tertiary/aromatic N) is 3. The number of hydrogen-bond acceptors (Lipinski definition) is 4. The highest BCUT2D eigenvalue weighted by molar-refractivity contribution is 7.10. The fraction of sp³-hybridized carbons (Fsp3) is 0.722. The zero-order chi connectivity index (χ0) is 16.2. The van der Waals surface area contributed by atoms with Crippen LogP contribution < -0.4 is 0 Å². The summed E-state index contributed by atoms with van der Waals surface area (Å²) in [6, 6.07) is 2.70. The summed E-state index contributed by atoms with van der Waals surface area (Å²) < 4.78 is 0. The zero-order valence-corrected chi connectivity index (χ0v) is 15.3. The van der Waals surface area contributed by atoms with E-state index < -0.39 is 0 Å². The standard InChI is InChI=1S/C18H29N3OS/c1-15(2)20-8-10-21(11-9-20)18(22)16-12-17(23-14-16)13-19-6-4-3-5-7-19/h12,14-15H,3-11,13H2,1-2H3. The fourth-order valence-electron chi connectivity index (χ4n) is 3.54. The molecule has 0 unspecified atom stereocenters. The molecule has 3 rings (SSSR count). The molecule has 2 aliphatic heterocycles. The molecule has 2 fully saturated rings.